The van der Waals surface area contributed by atoms with E-state index in [1.165, 1.54) is 18.2 Å². The van der Waals surface area contributed by atoms with Gasteiger partial charge in [-0.1, -0.05) is 25.1 Å². The Kier molecular flexibility index (Phi) is 7.50. The number of nitrogens with zero attached hydrogens (tertiary/aromatic N) is 1. The standard InChI is InChI=1S/C17H25N3O5/c1-10(2)25-16(21)9-14(19-17(22)11(3)12(4)18)13-7-5-6-8-15(13)20(23)24/h5-8,10-12,14H,9,18H2,1-4H3,(H,19,22). The highest BCUT2D eigenvalue weighted by Crippen LogP contribution is 2.28. The highest BCUT2D eigenvalue weighted by atomic mass is 16.6. The van der Waals surface area contributed by atoms with Gasteiger partial charge in [0.2, 0.25) is 5.91 Å². The summed E-state index contributed by atoms with van der Waals surface area (Å²) in [6.07, 6.45) is -0.530. The van der Waals surface area contributed by atoms with Gasteiger partial charge in [-0.2, -0.15) is 0 Å². The molecular weight excluding hydrogens is 326 g/mol. The summed E-state index contributed by atoms with van der Waals surface area (Å²) in [5.41, 5.74) is 5.82. The average molecular weight is 351 g/mol. The number of hydrogen-bond acceptors (Lipinski definition) is 6. The molecular formula is C17H25N3O5. The van der Waals surface area contributed by atoms with Crippen molar-refractivity contribution in [2.45, 2.75) is 52.3 Å². The molecule has 8 nitrogen and oxygen atoms in total. The molecule has 3 N–H and O–H groups in total. The lowest BCUT2D eigenvalue weighted by Crippen LogP contribution is -2.41. The number of rotatable bonds is 8. The Bertz CT molecular complexity index is 630. The molecule has 8 heteroatoms. The predicted molar refractivity (Wildman–Crippen MR) is 92.6 cm³/mol. The lowest BCUT2D eigenvalue weighted by atomic mass is 9.98. The Balaban J connectivity index is 3.13. The minimum Gasteiger partial charge on any atom is -0.463 e. The van der Waals surface area contributed by atoms with Crippen molar-refractivity contribution in [3.8, 4) is 0 Å². The topological polar surface area (TPSA) is 125 Å². The van der Waals surface area contributed by atoms with Gasteiger partial charge in [-0.05, 0) is 20.8 Å². The lowest BCUT2D eigenvalue weighted by molar-refractivity contribution is -0.385. The molecule has 0 heterocycles. The molecule has 25 heavy (non-hydrogen) atoms. The molecule has 3 atom stereocenters. The number of carbonyl (C=O) groups is 2. The molecule has 0 radical (unpaired) electrons. The summed E-state index contributed by atoms with van der Waals surface area (Å²) < 4.78 is 5.11. The number of nitrogens with one attached hydrogen (secondary N) is 1. The highest BCUT2D eigenvalue weighted by molar-refractivity contribution is 5.81. The average Bonchev–Trinajstić information content (AvgIpc) is 2.52. The van der Waals surface area contributed by atoms with Crippen LogP contribution in [-0.2, 0) is 14.3 Å². The molecule has 0 saturated carbocycles. The van der Waals surface area contributed by atoms with E-state index in [0.717, 1.165) is 0 Å². The molecule has 0 bridgehead atoms. The van der Waals surface area contributed by atoms with E-state index in [9.17, 15) is 19.7 Å². The number of para-hydroxylation sites is 1. The molecule has 0 saturated heterocycles. The van der Waals surface area contributed by atoms with Crippen molar-refractivity contribution in [1.29, 1.82) is 0 Å². The van der Waals surface area contributed by atoms with E-state index < -0.39 is 28.9 Å². The minimum atomic E-state index is -0.874. The zero-order chi connectivity index (χ0) is 19.1. The maximum Gasteiger partial charge on any atom is 0.308 e. The second-order valence-corrected chi connectivity index (χ2v) is 6.27. The van der Waals surface area contributed by atoms with Gasteiger partial charge in [0, 0.05) is 18.0 Å². The first-order chi connectivity index (χ1) is 11.6. The second-order valence-electron chi connectivity index (χ2n) is 6.27. The lowest BCUT2D eigenvalue weighted by Gasteiger charge is -2.22. The van der Waals surface area contributed by atoms with Crippen LogP contribution in [0, 0.1) is 16.0 Å². The van der Waals surface area contributed by atoms with E-state index in [1.807, 2.05) is 0 Å². The van der Waals surface area contributed by atoms with Gasteiger partial charge < -0.3 is 15.8 Å². The van der Waals surface area contributed by atoms with Crippen LogP contribution in [-0.4, -0.2) is 28.9 Å². The number of nitro benzene ring substituents is 1. The maximum absolute atomic E-state index is 12.3. The van der Waals surface area contributed by atoms with Gasteiger partial charge in [0.25, 0.3) is 5.69 Å². The molecule has 0 aliphatic carbocycles. The Morgan fingerprint density at radius 1 is 1.24 bits per heavy atom. The van der Waals surface area contributed by atoms with Crippen LogP contribution in [0.15, 0.2) is 24.3 Å². The Morgan fingerprint density at radius 2 is 1.84 bits per heavy atom. The molecule has 0 aromatic heterocycles. The highest BCUT2D eigenvalue weighted by Gasteiger charge is 2.28. The van der Waals surface area contributed by atoms with Gasteiger partial charge in [-0.15, -0.1) is 0 Å². The number of ether oxygens (including phenoxy) is 1. The van der Waals surface area contributed by atoms with Crippen LogP contribution in [0.25, 0.3) is 0 Å². The molecule has 0 aliphatic rings. The van der Waals surface area contributed by atoms with Crippen LogP contribution in [0.3, 0.4) is 0 Å². The third-order valence-corrected chi connectivity index (χ3v) is 3.77. The maximum atomic E-state index is 12.3. The van der Waals surface area contributed by atoms with Crippen molar-refractivity contribution >= 4 is 17.6 Å². The third-order valence-electron chi connectivity index (χ3n) is 3.77. The normalized spacial score (nSPS) is 14.5. The fourth-order valence-corrected chi connectivity index (χ4v) is 2.21. The number of carbonyl (C=O) groups excluding carboxylic acids is 2. The third kappa shape index (κ3) is 6.15. The SMILES string of the molecule is CC(C)OC(=O)CC(NC(=O)C(C)C(C)N)c1ccccc1[N+](=O)[O-]. The van der Waals surface area contributed by atoms with Gasteiger partial charge in [-0.3, -0.25) is 19.7 Å². The van der Waals surface area contributed by atoms with Gasteiger partial charge in [0.15, 0.2) is 0 Å². The number of nitrogens with two attached hydrogens (primary N) is 1. The molecule has 0 spiro atoms. The summed E-state index contributed by atoms with van der Waals surface area (Å²) in [4.78, 5) is 35.1. The summed E-state index contributed by atoms with van der Waals surface area (Å²) in [5, 5.41) is 14.0. The van der Waals surface area contributed by atoms with E-state index in [0.29, 0.717) is 0 Å². The van der Waals surface area contributed by atoms with Crippen molar-refractivity contribution in [2.75, 3.05) is 0 Å². The van der Waals surface area contributed by atoms with Crippen LogP contribution in [0.4, 0.5) is 5.69 Å². The first-order valence-corrected chi connectivity index (χ1v) is 8.12. The molecule has 1 rings (SSSR count). The Labute approximate surface area is 146 Å². The molecule has 0 aliphatic heterocycles. The van der Waals surface area contributed by atoms with E-state index in [-0.39, 0.29) is 29.7 Å². The largest absolute Gasteiger partial charge is 0.463 e. The molecule has 3 unspecified atom stereocenters. The minimum absolute atomic E-state index is 0.168. The van der Waals surface area contributed by atoms with Crippen molar-refractivity contribution in [3.05, 3.63) is 39.9 Å². The number of esters is 1. The van der Waals surface area contributed by atoms with Gasteiger partial charge in [0.1, 0.15) is 0 Å². The summed E-state index contributed by atoms with van der Waals surface area (Å²) in [7, 11) is 0. The predicted octanol–water partition coefficient (Wildman–Crippen LogP) is 2.08. The summed E-state index contributed by atoms with van der Waals surface area (Å²) in [6.45, 7) is 6.75. The van der Waals surface area contributed by atoms with Crippen molar-refractivity contribution in [2.24, 2.45) is 11.7 Å². The monoisotopic (exact) mass is 351 g/mol. The first-order valence-electron chi connectivity index (χ1n) is 8.12. The summed E-state index contributed by atoms with van der Waals surface area (Å²) in [5.74, 6) is -1.44. The smallest absolute Gasteiger partial charge is 0.308 e. The first kappa shape index (κ1) is 20.6. The van der Waals surface area contributed by atoms with E-state index >= 15 is 0 Å². The van der Waals surface area contributed by atoms with E-state index in [4.69, 9.17) is 10.5 Å². The van der Waals surface area contributed by atoms with Crippen LogP contribution in [0.5, 0.6) is 0 Å². The zero-order valence-electron chi connectivity index (χ0n) is 14.9. The fraction of sp³-hybridized carbons (Fsp3) is 0.529. The van der Waals surface area contributed by atoms with Gasteiger partial charge >= 0.3 is 5.97 Å². The van der Waals surface area contributed by atoms with Crippen LogP contribution in [0.2, 0.25) is 0 Å². The molecule has 1 amide bonds. The number of nitro groups is 1. The Morgan fingerprint density at radius 3 is 2.36 bits per heavy atom. The quantitative estimate of drug-likeness (QED) is 0.420. The number of hydrogen-bond donors (Lipinski definition) is 2. The summed E-state index contributed by atoms with van der Waals surface area (Å²) in [6, 6.07) is 4.72. The van der Waals surface area contributed by atoms with Crippen LogP contribution in [0.1, 0.15) is 45.7 Å². The number of amides is 1. The molecule has 1 aromatic carbocycles. The molecule has 1 aromatic rings. The van der Waals surface area contributed by atoms with E-state index in [2.05, 4.69) is 5.32 Å². The van der Waals surface area contributed by atoms with Crippen molar-refractivity contribution in [3.63, 3.8) is 0 Å². The van der Waals surface area contributed by atoms with Crippen LogP contribution >= 0.6 is 0 Å². The number of benzene rings is 1. The second kappa shape index (κ2) is 9.12. The van der Waals surface area contributed by atoms with E-state index in [1.54, 1.807) is 33.8 Å². The van der Waals surface area contributed by atoms with Crippen molar-refractivity contribution in [1.82, 2.24) is 5.32 Å². The van der Waals surface area contributed by atoms with Gasteiger partial charge in [-0.25, -0.2) is 0 Å². The fourth-order valence-electron chi connectivity index (χ4n) is 2.21. The molecule has 0 fully saturated rings. The summed E-state index contributed by atoms with van der Waals surface area (Å²) >= 11 is 0. The van der Waals surface area contributed by atoms with Gasteiger partial charge in [0.05, 0.1) is 29.1 Å². The van der Waals surface area contributed by atoms with Crippen LogP contribution < -0.4 is 11.1 Å². The van der Waals surface area contributed by atoms with Crippen molar-refractivity contribution < 1.29 is 19.2 Å². The molecule has 138 valence electrons. The Hall–Kier alpha value is -2.48. The zero-order valence-corrected chi connectivity index (χ0v) is 14.9.